The monoisotopic (exact) mass is 432 g/mol. The van der Waals surface area contributed by atoms with Gasteiger partial charge in [-0.15, -0.1) is 0 Å². The van der Waals surface area contributed by atoms with E-state index in [1.807, 2.05) is 0 Å². The van der Waals surface area contributed by atoms with Gasteiger partial charge < -0.3 is 44.5 Å². The molecule has 0 bridgehead atoms. The summed E-state index contributed by atoms with van der Waals surface area (Å²) in [5, 5.41) is 59.4. The average molecular weight is 432 g/mol. The van der Waals surface area contributed by atoms with E-state index in [-0.39, 0.29) is 28.2 Å². The fourth-order valence-corrected chi connectivity index (χ4v) is 3.41. The molecule has 2 heterocycles. The van der Waals surface area contributed by atoms with E-state index in [0.29, 0.717) is 5.56 Å². The number of hydrogen-bond acceptors (Lipinski definition) is 10. The maximum absolute atomic E-state index is 13.2. The van der Waals surface area contributed by atoms with Crippen molar-refractivity contribution >= 4 is 11.0 Å². The van der Waals surface area contributed by atoms with Crippen LogP contribution in [0.1, 0.15) is 6.92 Å². The van der Waals surface area contributed by atoms with E-state index < -0.39 is 47.6 Å². The Balaban J connectivity index is 1.90. The molecule has 5 atom stereocenters. The molecule has 3 aromatic rings. The molecule has 10 nitrogen and oxygen atoms in total. The normalized spacial score (nSPS) is 26.1. The van der Waals surface area contributed by atoms with Crippen LogP contribution in [0.25, 0.3) is 22.3 Å². The lowest BCUT2D eigenvalue weighted by atomic mass is 10.00. The lowest BCUT2D eigenvalue weighted by molar-refractivity contribution is -0.268. The zero-order valence-electron chi connectivity index (χ0n) is 16.2. The van der Waals surface area contributed by atoms with Gasteiger partial charge in [0.1, 0.15) is 46.5 Å². The summed E-state index contributed by atoms with van der Waals surface area (Å²) in [6.07, 6.45) is -7.11. The van der Waals surface area contributed by atoms with Crippen molar-refractivity contribution in [3.8, 4) is 34.3 Å². The molecule has 0 aliphatic carbocycles. The quantitative estimate of drug-likeness (QED) is 0.348. The van der Waals surface area contributed by atoms with Gasteiger partial charge in [0.2, 0.25) is 17.5 Å². The first-order valence-electron chi connectivity index (χ1n) is 9.36. The van der Waals surface area contributed by atoms with Gasteiger partial charge in [0.25, 0.3) is 0 Å². The fourth-order valence-electron chi connectivity index (χ4n) is 3.41. The van der Waals surface area contributed by atoms with Gasteiger partial charge in [-0.25, -0.2) is 0 Å². The minimum atomic E-state index is -1.69. The van der Waals surface area contributed by atoms with Crippen LogP contribution >= 0.6 is 0 Å². The number of aromatic hydroxyl groups is 3. The summed E-state index contributed by atoms with van der Waals surface area (Å²) in [6, 6.07) is 7.66. The van der Waals surface area contributed by atoms with Crippen molar-refractivity contribution in [2.24, 2.45) is 0 Å². The van der Waals surface area contributed by atoms with Crippen LogP contribution in [-0.2, 0) is 4.74 Å². The number of phenols is 3. The molecular weight excluding hydrogens is 412 g/mol. The molecule has 1 aliphatic rings. The highest BCUT2D eigenvalue weighted by molar-refractivity contribution is 5.88. The Labute approximate surface area is 174 Å². The first kappa shape index (κ1) is 20.9. The Kier molecular flexibility index (Phi) is 5.23. The summed E-state index contributed by atoms with van der Waals surface area (Å²) in [4.78, 5) is 13.2. The molecular formula is C21H20O10. The van der Waals surface area contributed by atoms with Gasteiger partial charge in [0, 0.05) is 17.7 Å². The Morgan fingerprint density at radius 1 is 0.903 bits per heavy atom. The summed E-state index contributed by atoms with van der Waals surface area (Å²) < 4.78 is 16.8. The van der Waals surface area contributed by atoms with Gasteiger partial charge in [0.15, 0.2) is 5.76 Å². The zero-order chi connectivity index (χ0) is 22.4. The Hall–Kier alpha value is -3.31. The Morgan fingerprint density at radius 3 is 2.26 bits per heavy atom. The van der Waals surface area contributed by atoms with Gasteiger partial charge in [-0.2, -0.15) is 0 Å². The van der Waals surface area contributed by atoms with Crippen LogP contribution in [0.4, 0.5) is 0 Å². The lowest BCUT2D eigenvalue weighted by Gasteiger charge is -2.38. The first-order valence-corrected chi connectivity index (χ1v) is 9.36. The topological polar surface area (TPSA) is 170 Å². The van der Waals surface area contributed by atoms with Crippen molar-refractivity contribution in [1.29, 1.82) is 0 Å². The molecule has 164 valence electrons. The van der Waals surface area contributed by atoms with Crippen molar-refractivity contribution in [3.63, 3.8) is 0 Å². The number of hydrogen-bond donors (Lipinski definition) is 6. The van der Waals surface area contributed by atoms with Gasteiger partial charge >= 0.3 is 0 Å². The third kappa shape index (κ3) is 3.66. The largest absolute Gasteiger partial charge is 0.508 e. The van der Waals surface area contributed by atoms with Crippen LogP contribution < -0.4 is 10.2 Å². The maximum atomic E-state index is 13.2. The summed E-state index contributed by atoms with van der Waals surface area (Å²) in [5.41, 5.74) is -0.661. The Morgan fingerprint density at radius 2 is 1.58 bits per heavy atom. The van der Waals surface area contributed by atoms with Crippen molar-refractivity contribution in [2.75, 3.05) is 0 Å². The first-order chi connectivity index (χ1) is 14.7. The molecule has 31 heavy (non-hydrogen) atoms. The molecule has 4 rings (SSSR count). The standard InChI is InChI=1S/C21H20O10/c1-8-15(25)17(27)18(28)21(29-8)31-20-16(26)14-12(24)6-11(23)7-13(14)30-19(20)9-2-4-10(22)5-3-9/h2-8,15,17-18,21-25,27-28H,1H3/t8-,15-,17+,18+,21?/m0/s1. The van der Waals surface area contributed by atoms with Crippen molar-refractivity contribution in [1.82, 2.24) is 0 Å². The van der Waals surface area contributed by atoms with E-state index in [1.165, 1.54) is 31.2 Å². The third-order valence-electron chi connectivity index (χ3n) is 5.09. The number of rotatable bonds is 3. The van der Waals surface area contributed by atoms with Crippen LogP contribution in [0.15, 0.2) is 45.6 Å². The molecule has 1 aromatic heterocycles. The van der Waals surface area contributed by atoms with Crippen LogP contribution in [0.3, 0.4) is 0 Å². The van der Waals surface area contributed by atoms with E-state index in [2.05, 4.69) is 0 Å². The van der Waals surface area contributed by atoms with Crippen LogP contribution in [0, 0.1) is 0 Å². The molecule has 0 amide bonds. The second-order valence-corrected chi connectivity index (χ2v) is 7.27. The van der Waals surface area contributed by atoms with E-state index in [0.717, 1.165) is 12.1 Å². The van der Waals surface area contributed by atoms with Crippen molar-refractivity contribution in [2.45, 2.75) is 37.6 Å². The van der Waals surface area contributed by atoms with E-state index in [4.69, 9.17) is 13.9 Å². The molecule has 1 unspecified atom stereocenters. The number of fused-ring (bicyclic) bond motifs is 1. The van der Waals surface area contributed by atoms with Crippen LogP contribution in [0.5, 0.6) is 23.0 Å². The van der Waals surface area contributed by atoms with Gasteiger partial charge in [-0.3, -0.25) is 4.79 Å². The molecule has 0 saturated carbocycles. The molecule has 2 aromatic carbocycles. The number of phenolic OH excluding ortho intramolecular Hbond substituents is 3. The van der Waals surface area contributed by atoms with Gasteiger partial charge in [-0.05, 0) is 31.2 Å². The molecule has 1 saturated heterocycles. The summed E-state index contributed by atoms with van der Waals surface area (Å²) in [5.74, 6) is -1.51. The number of benzene rings is 2. The van der Waals surface area contributed by atoms with Crippen molar-refractivity contribution < 1.29 is 44.5 Å². The zero-order valence-corrected chi connectivity index (χ0v) is 16.2. The third-order valence-corrected chi connectivity index (χ3v) is 5.09. The van der Waals surface area contributed by atoms with Crippen molar-refractivity contribution in [3.05, 3.63) is 46.6 Å². The molecule has 0 radical (unpaired) electrons. The Bertz CT molecular complexity index is 1170. The average Bonchev–Trinajstić information content (AvgIpc) is 2.72. The van der Waals surface area contributed by atoms with E-state index in [1.54, 1.807) is 0 Å². The summed E-state index contributed by atoms with van der Waals surface area (Å²) in [6.45, 7) is 1.45. The van der Waals surface area contributed by atoms with Crippen LogP contribution in [0.2, 0.25) is 0 Å². The van der Waals surface area contributed by atoms with Gasteiger partial charge in [0.05, 0.1) is 6.10 Å². The highest BCUT2D eigenvalue weighted by Crippen LogP contribution is 2.37. The molecule has 6 N–H and O–H groups in total. The lowest BCUT2D eigenvalue weighted by Crippen LogP contribution is -2.58. The maximum Gasteiger partial charge on any atom is 0.239 e. The predicted molar refractivity (Wildman–Crippen MR) is 106 cm³/mol. The van der Waals surface area contributed by atoms with E-state index >= 15 is 0 Å². The molecule has 0 spiro atoms. The highest BCUT2D eigenvalue weighted by atomic mass is 16.7. The smallest absolute Gasteiger partial charge is 0.239 e. The molecule has 1 aliphatic heterocycles. The highest BCUT2D eigenvalue weighted by Gasteiger charge is 2.44. The van der Waals surface area contributed by atoms with Gasteiger partial charge in [-0.1, -0.05) is 0 Å². The second-order valence-electron chi connectivity index (χ2n) is 7.27. The SMILES string of the molecule is C[C@@H]1OC(Oc2c(-c3ccc(O)cc3)oc3cc(O)cc(O)c3c2=O)[C@H](O)[C@H](O)[C@H]1O. The van der Waals surface area contributed by atoms with Crippen LogP contribution in [-0.4, -0.2) is 61.3 Å². The number of aliphatic hydroxyl groups is 3. The summed E-state index contributed by atoms with van der Waals surface area (Å²) >= 11 is 0. The minimum Gasteiger partial charge on any atom is -0.508 e. The summed E-state index contributed by atoms with van der Waals surface area (Å²) in [7, 11) is 0. The predicted octanol–water partition coefficient (Wildman–Crippen LogP) is 0.783. The second kappa shape index (κ2) is 7.75. The van der Waals surface area contributed by atoms with E-state index in [9.17, 15) is 35.4 Å². The fraction of sp³-hybridized carbons (Fsp3) is 0.286. The minimum absolute atomic E-state index is 0.0402. The number of aliphatic hydroxyl groups excluding tert-OH is 3. The molecule has 1 fully saturated rings. The molecule has 10 heteroatoms. The number of ether oxygens (including phenoxy) is 2.